The minimum Gasteiger partial charge on any atom is -0.497 e. The molecule has 7 heteroatoms. The number of carbonyl (C=O) groups is 2. The fourth-order valence-corrected chi connectivity index (χ4v) is 3.86. The number of anilines is 1. The molecule has 2 aromatic carbocycles. The lowest BCUT2D eigenvalue weighted by molar-refractivity contribution is -0.121. The Morgan fingerprint density at radius 3 is 2.57 bits per heavy atom. The molecule has 1 aliphatic heterocycles. The number of amides is 2. The van der Waals surface area contributed by atoms with Gasteiger partial charge in [-0.3, -0.25) is 9.59 Å². The number of likely N-dealkylation sites (tertiary alicyclic amines) is 1. The number of piperidine rings is 1. The number of ether oxygens (including phenoxy) is 2. The van der Waals surface area contributed by atoms with Gasteiger partial charge in [0.25, 0.3) is 5.91 Å². The third-order valence-electron chi connectivity index (χ3n) is 5.50. The van der Waals surface area contributed by atoms with Crippen LogP contribution in [-0.2, 0) is 4.79 Å². The summed E-state index contributed by atoms with van der Waals surface area (Å²) in [5.74, 6) is 0.776. The van der Waals surface area contributed by atoms with Crippen LogP contribution >= 0.6 is 0 Å². The molecule has 0 unspecified atom stereocenters. The molecular formula is C23H25N3O4. The van der Waals surface area contributed by atoms with Crippen molar-refractivity contribution in [1.29, 1.82) is 0 Å². The monoisotopic (exact) mass is 407 g/mol. The van der Waals surface area contributed by atoms with E-state index >= 15 is 0 Å². The molecule has 0 spiro atoms. The largest absolute Gasteiger partial charge is 0.497 e. The number of nitrogens with one attached hydrogen (secondary N) is 2. The van der Waals surface area contributed by atoms with Gasteiger partial charge < -0.3 is 24.7 Å². The van der Waals surface area contributed by atoms with Crippen LogP contribution in [0.5, 0.6) is 11.5 Å². The molecule has 30 heavy (non-hydrogen) atoms. The van der Waals surface area contributed by atoms with Crippen molar-refractivity contribution in [3.05, 3.63) is 54.2 Å². The number of H-pyrrole nitrogens is 1. The first-order valence-electron chi connectivity index (χ1n) is 9.97. The van der Waals surface area contributed by atoms with Gasteiger partial charge in [-0.05, 0) is 36.4 Å². The van der Waals surface area contributed by atoms with Crippen LogP contribution in [0.15, 0.2) is 48.7 Å². The van der Waals surface area contributed by atoms with E-state index in [1.807, 2.05) is 30.5 Å². The van der Waals surface area contributed by atoms with Gasteiger partial charge in [-0.15, -0.1) is 0 Å². The number of carbonyl (C=O) groups excluding carboxylic acids is 2. The molecule has 1 saturated heterocycles. The molecule has 0 bridgehead atoms. The maximum atomic E-state index is 13.0. The molecule has 0 radical (unpaired) electrons. The highest BCUT2D eigenvalue weighted by Crippen LogP contribution is 2.27. The van der Waals surface area contributed by atoms with Crippen molar-refractivity contribution in [2.75, 3.05) is 32.6 Å². The van der Waals surface area contributed by atoms with Crippen LogP contribution in [0.25, 0.3) is 10.9 Å². The van der Waals surface area contributed by atoms with Gasteiger partial charge >= 0.3 is 0 Å². The summed E-state index contributed by atoms with van der Waals surface area (Å²) in [6.45, 7) is 1.05. The Morgan fingerprint density at radius 2 is 1.83 bits per heavy atom. The molecular weight excluding hydrogens is 382 g/mol. The minimum atomic E-state index is -0.269. The average molecular weight is 407 g/mol. The Morgan fingerprint density at radius 1 is 1.07 bits per heavy atom. The van der Waals surface area contributed by atoms with E-state index in [1.165, 1.54) is 0 Å². The smallest absolute Gasteiger partial charge is 0.253 e. The predicted octanol–water partition coefficient (Wildman–Crippen LogP) is 3.68. The summed E-state index contributed by atoms with van der Waals surface area (Å²) in [4.78, 5) is 30.8. The first-order chi connectivity index (χ1) is 14.6. The van der Waals surface area contributed by atoms with Gasteiger partial charge in [-0.2, -0.15) is 0 Å². The fraction of sp³-hybridized carbons (Fsp3) is 0.304. The second-order valence-corrected chi connectivity index (χ2v) is 7.46. The highest BCUT2D eigenvalue weighted by molar-refractivity contribution is 5.99. The van der Waals surface area contributed by atoms with Crippen molar-refractivity contribution in [2.24, 2.45) is 5.92 Å². The highest BCUT2D eigenvalue weighted by Gasteiger charge is 2.29. The normalized spacial score (nSPS) is 16.3. The Hall–Kier alpha value is -3.48. The van der Waals surface area contributed by atoms with Crippen LogP contribution in [0.4, 0.5) is 5.69 Å². The van der Waals surface area contributed by atoms with Crippen molar-refractivity contribution in [3.8, 4) is 11.5 Å². The van der Waals surface area contributed by atoms with Crippen LogP contribution in [-0.4, -0.2) is 49.0 Å². The fourth-order valence-electron chi connectivity index (χ4n) is 3.86. The zero-order chi connectivity index (χ0) is 21.1. The third-order valence-corrected chi connectivity index (χ3v) is 5.50. The number of aromatic nitrogens is 1. The van der Waals surface area contributed by atoms with Crippen LogP contribution in [0, 0.1) is 5.92 Å². The van der Waals surface area contributed by atoms with E-state index in [-0.39, 0.29) is 17.7 Å². The van der Waals surface area contributed by atoms with Gasteiger partial charge in [-0.25, -0.2) is 0 Å². The van der Waals surface area contributed by atoms with E-state index in [0.29, 0.717) is 35.8 Å². The van der Waals surface area contributed by atoms with E-state index in [9.17, 15) is 9.59 Å². The predicted molar refractivity (Wildman–Crippen MR) is 115 cm³/mol. The van der Waals surface area contributed by atoms with Crippen LogP contribution in [0.2, 0.25) is 0 Å². The summed E-state index contributed by atoms with van der Waals surface area (Å²) in [6.07, 6.45) is 3.39. The number of methoxy groups -OCH3 is 2. The van der Waals surface area contributed by atoms with Gasteiger partial charge in [-0.1, -0.05) is 6.07 Å². The van der Waals surface area contributed by atoms with Crippen molar-refractivity contribution >= 4 is 28.4 Å². The van der Waals surface area contributed by atoms with Crippen molar-refractivity contribution < 1.29 is 19.1 Å². The van der Waals surface area contributed by atoms with E-state index < -0.39 is 0 Å². The third kappa shape index (κ3) is 4.10. The summed E-state index contributed by atoms with van der Waals surface area (Å²) in [7, 11) is 3.13. The Balaban J connectivity index is 1.45. The molecule has 156 valence electrons. The summed E-state index contributed by atoms with van der Waals surface area (Å²) < 4.78 is 10.5. The Bertz CT molecular complexity index is 1050. The number of hydrogen-bond acceptors (Lipinski definition) is 4. The maximum Gasteiger partial charge on any atom is 0.253 e. The van der Waals surface area contributed by atoms with Crippen LogP contribution in [0.1, 0.15) is 23.2 Å². The van der Waals surface area contributed by atoms with Crippen molar-refractivity contribution in [3.63, 3.8) is 0 Å². The molecule has 7 nitrogen and oxygen atoms in total. The quantitative estimate of drug-likeness (QED) is 0.676. The lowest BCUT2D eigenvalue weighted by Crippen LogP contribution is -2.43. The molecule has 2 N–H and O–H groups in total. The average Bonchev–Trinajstić information content (AvgIpc) is 3.26. The maximum absolute atomic E-state index is 13.0. The van der Waals surface area contributed by atoms with Gasteiger partial charge in [0, 0.05) is 54.3 Å². The second kappa shape index (κ2) is 8.49. The molecule has 0 aliphatic carbocycles. The van der Waals surface area contributed by atoms with Crippen molar-refractivity contribution in [1.82, 2.24) is 9.88 Å². The first kappa shape index (κ1) is 19.8. The Kier molecular flexibility index (Phi) is 5.61. The number of nitrogens with zero attached hydrogens (tertiary/aromatic N) is 1. The SMILES string of the molecule is COc1cc(NC(=O)[C@@H]2CCCN(C(=O)c3ccc4cc[nH]c4c3)C2)cc(OC)c1. The highest BCUT2D eigenvalue weighted by atomic mass is 16.5. The minimum absolute atomic E-state index is 0.0490. The zero-order valence-electron chi connectivity index (χ0n) is 17.1. The van der Waals surface area contributed by atoms with Gasteiger partial charge in [0.05, 0.1) is 20.1 Å². The van der Waals surface area contributed by atoms with E-state index in [4.69, 9.17) is 9.47 Å². The van der Waals surface area contributed by atoms with Gasteiger partial charge in [0.2, 0.25) is 5.91 Å². The number of hydrogen-bond donors (Lipinski definition) is 2. The molecule has 2 amide bonds. The van der Waals surface area contributed by atoms with E-state index in [2.05, 4.69) is 10.3 Å². The molecule has 1 atom stereocenters. The topological polar surface area (TPSA) is 83.7 Å². The standard InChI is InChI=1S/C23H25N3O4/c1-29-19-11-18(12-20(13-19)30-2)25-22(27)17-4-3-9-26(14-17)23(28)16-6-5-15-7-8-24-21(15)10-16/h5-8,10-13,17,24H,3-4,9,14H2,1-2H3,(H,25,27)/t17-/m1/s1. The summed E-state index contributed by atoms with van der Waals surface area (Å²) in [6, 6.07) is 12.9. The Labute approximate surface area is 175 Å². The number of fused-ring (bicyclic) bond motifs is 1. The number of rotatable bonds is 5. The lowest BCUT2D eigenvalue weighted by Gasteiger charge is -2.32. The van der Waals surface area contributed by atoms with Gasteiger partial charge in [0.15, 0.2) is 0 Å². The zero-order valence-corrected chi connectivity index (χ0v) is 17.1. The van der Waals surface area contributed by atoms with Crippen molar-refractivity contribution in [2.45, 2.75) is 12.8 Å². The molecule has 2 heterocycles. The summed E-state index contributed by atoms with van der Waals surface area (Å²) in [5, 5.41) is 4.01. The summed E-state index contributed by atoms with van der Waals surface area (Å²) in [5.41, 5.74) is 2.17. The summed E-state index contributed by atoms with van der Waals surface area (Å²) >= 11 is 0. The first-order valence-corrected chi connectivity index (χ1v) is 9.97. The molecule has 1 aromatic heterocycles. The van der Waals surface area contributed by atoms with E-state index in [1.54, 1.807) is 37.3 Å². The van der Waals surface area contributed by atoms with Crippen LogP contribution < -0.4 is 14.8 Å². The molecule has 0 saturated carbocycles. The van der Waals surface area contributed by atoms with E-state index in [0.717, 1.165) is 23.7 Å². The number of benzene rings is 2. The molecule has 3 aromatic rings. The molecule has 1 aliphatic rings. The molecule has 1 fully saturated rings. The lowest BCUT2D eigenvalue weighted by atomic mass is 9.96. The second-order valence-electron chi connectivity index (χ2n) is 7.46. The number of aromatic amines is 1. The molecule has 4 rings (SSSR count). The van der Waals surface area contributed by atoms with Crippen LogP contribution in [0.3, 0.4) is 0 Å². The van der Waals surface area contributed by atoms with Gasteiger partial charge in [0.1, 0.15) is 11.5 Å².